The van der Waals surface area contributed by atoms with Gasteiger partial charge in [0.1, 0.15) is 4.88 Å². The van der Waals surface area contributed by atoms with Crippen LogP contribution in [-0.4, -0.2) is 35.6 Å². The average molecular weight is 248 g/mol. The normalized spacial score (nSPS) is 12.6. The predicted octanol–water partition coefficient (Wildman–Crippen LogP) is 2.16. The summed E-state index contributed by atoms with van der Waals surface area (Å²) in [6.45, 7) is 3.60. The van der Waals surface area contributed by atoms with E-state index in [1.54, 1.807) is 14.0 Å². The number of thiophene rings is 1. The van der Waals surface area contributed by atoms with Gasteiger partial charge in [-0.3, -0.25) is 4.79 Å². The molecule has 3 nitrogen and oxygen atoms in total. The molecule has 1 rings (SSSR count). The molecule has 0 aliphatic heterocycles. The Morgan fingerprint density at radius 1 is 1.73 bits per heavy atom. The maximum Gasteiger partial charge on any atom is 0.265 e. The molecule has 0 radical (unpaired) electrons. The molecular formula is C10H14ClNO2S. The Balaban J connectivity index is 2.90. The lowest BCUT2D eigenvalue weighted by molar-refractivity contribution is 0.0687. The number of halogens is 1. The number of carbonyl (C=O) groups excluding carboxylic acids is 1. The number of amides is 1. The third-order valence-electron chi connectivity index (χ3n) is 2.34. The van der Waals surface area contributed by atoms with Crippen LogP contribution in [0.15, 0.2) is 5.38 Å². The van der Waals surface area contributed by atoms with Gasteiger partial charge in [0.25, 0.3) is 5.91 Å². The van der Waals surface area contributed by atoms with Crippen LogP contribution < -0.4 is 0 Å². The standard InChI is InChI=1S/C10H14ClNO2S/c1-6-5-15-9(8(6)11)10(14)12(3)7(2)4-13/h5,7,13H,4H2,1-3H3. The predicted molar refractivity (Wildman–Crippen MR) is 62.7 cm³/mol. The van der Waals surface area contributed by atoms with E-state index >= 15 is 0 Å². The maximum atomic E-state index is 11.9. The first kappa shape index (κ1) is 12.5. The molecule has 0 aliphatic rings. The second kappa shape index (κ2) is 4.96. The van der Waals surface area contributed by atoms with Crippen LogP contribution in [0, 0.1) is 6.92 Å². The molecule has 0 aliphatic carbocycles. The molecule has 0 fully saturated rings. The molecule has 84 valence electrons. The van der Waals surface area contributed by atoms with E-state index in [0.717, 1.165) is 5.56 Å². The molecule has 1 N–H and O–H groups in total. The van der Waals surface area contributed by atoms with E-state index in [9.17, 15) is 4.79 Å². The fourth-order valence-electron chi connectivity index (χ4n) is 1.06. The molecular weight excluding hydrogens is 234 g/mol. The van der Waals surface area contributed by atoms with E-state index in [4.69, 9.17) is 16.7 Å². The highest BCUT2D eigenvalue weighted by atomic mass is 35.5. The van der Waals surface area contributed by atoms with Crippen molar-refractivity contribution in [3.05, 3.63) is 20.8 Å². The molecule has 0 aromatic carbocycles. The fourth-order valence-corrected chi connectivity index (χ4v) is 2.31. The van der Waals surface area contributed by atoms with Crippen molar-refractivity contribution in [2.75, 3.05) is 13.7 Å². The van der Waals surface area contributed by atoms with Gasteiger partial charge >= 0.3 is 0 Å². The molecule has 1 atom stereocenters. The van der Waals surface area contributed by atoms with Crippen molar-refractivity contribution in [2.45, 2.75) is 19.9 Å². The zero-order valence-electron chi connectivity index (χ0n) is 8.95. The molecule has 1 aromatic rings. The van der Waals surface area contributed by atoms with Crippen LogP contribution >= 0.6 is 22.9 Å². The molecule has 1 heterocycles. The molecule has 1 amide bonds. The number of nitrogens with zero attached hydrogens (tertiary/aromatic N) is 1. The number of aliphatic hydroxyl groups excluding tert-OH is 1. The van der Waals surface area contributed by atoms with Crippen LogP contribution in [-0.2, 0) is 0 Å². The van der Waals surface area contributed by atoms with Crippen LogP contribution in [0.2, 0.25) is 5.02 Å². The van der Waals surface area contributed by atoms with Crippen molar-refractivity contribution in [2.24, 2.45) is 0 Å². The lowest BCUT2D eigenvalue weighted by atomic mass is 10.2. The number of carbonyl (C=O) groups is 1. The van der Waals surface area contributed by atoms with Gasteiger partial charge in [-0.25, -0.2) is 0 Å². The Labute approximate surface area is 98.3 Å². The topological polar surface area (TPSA) is 40.5 Å². The summed E-state index contributed by atoms with van der Waals surface area (Å²) in [4.78, 5) is 14.0. The zero-order valence-corrected chi connectivity index (χ0v) is 10.5. The maximum absolute atomic E-state index is 11.9. The van der Waals surface area contributed by atoms with Crippen molar-refractivity contribution >= 4 is 28.8 Å². The first-order valence-corrected chi connectivity index (χ1v) is 5.86. The van der Waals surface area contributed by atoms with Gasteiger partial charge in [0.2, 0.25) is 0 Å². The summed E-state index contributed by atoms with van der Waals surface area (Å²) < 4.78 is 0. The molecule has 5 heteroatoms. The van der Waals surface area contributed by atoms with Gasteiger partial charge in [-0.05, 0) is 24.8 Å². The second-order valence-electron chi connectivity index (χ2n) is 3.51. The van der Waals surface area contributed by atoms with Crippen molar-refractivity contribution in [1.82, 2.24) is 4.90 Å². The van der Waals surface area contributed by atoms with E-state index in [0.29, 0.717) is 9.90 Å². The number of hydrogen-bond donors (Lipinski definition) is 1. The Kier molecular flexibility index (Phi) is 4.13. The van der Waals surface area contributed by atoms with E-state index in [-0.39, 0.29) is 18.6 Å². The lowest BCUT2D eigenvalue weighted by Crippen LogP contribution is -2.37. The summed E-state index contributed by atoms with van der Waals surface area (Å²) in [5.74, 6) is -0.139. The van der Waals surface area contributed by atoms with Gasteiger partial charge < -0.3 is 10.0 Å². The minimum Gasteiger partial charge on any atom is -0.394 e. The van der Waals surface area contributed by atoms with Crippen molar-refractivity contribution < 1.29 is 9.90 Å². The monoisotopic (exact) mass is 247 g/mol. The highest BCUT2D eigenvalue weighted by Gasteiger charge is 2.21. The molecule has 0 saturated carbocycles. The van der Waals surface area contributed by atoms with Crippen molar-refractivity contribution in [1.29, 1.82) is 0 Å². The van der Waals surface area contributed by atoms with Crippen LogP contribution in [0.4, 0.5) is 0 Å². The Bertz CT molecular complexity index is 364. The third kappa shape index (κ3) is 2.51. The summed E-state index contributed by atoms with van der Waals surface area (Å²) in [5, 5.41) is 11.3. The summed E-state index contributed by atoms with van der Waals surface area (Å²) >= 11 is 7.33. The summed E-state index contributed by atoms with van der Waals surface area (Å²) in [5.41, 5.74) is 0.912. The molecule has 1 unspecified atom stereocenters. The number of rotatable bonds is 3. The van der Waals surface area contributed by atoms with Gasteiger partial charge in [-0.2, -0.15) is 0 Å². The van der Waals surface area contributed by atoms with Gasteiger partial charge in [-0.1, -0.05) is 11.6 Å². The number of likely N-dealkylation sites (N-methyl/N-ethyl adjacent to an activating group) is 1. The van der Waals surface area contributed by atoms with E-state index in [1.807, 2.05) is 12.3 Å². The summed E-state index contributed by atoms with van der Waals surface area (Å²) in [6, 6.07) is -0.198. The Hall–Kier alpha value is -0.580. The molecule has 15 heavy (non-hydrogen) atoms. The molecule has 0 spiro atoms. The van der Waals surface area contributed by atoms with Gasteiger partial charge in [0.05, 0.1) is 17.7 Å². The lowest BCUT2D eigenvalue weighted by Gasteiger charge is -2.22. The number of aliphatic hydroxyl groups is 1. The van der Waals surface area contributed by atoms with Gasteiger partial charge in [-0.15, -0.1) is 11.3 Å². The second-order valence-corrected chi connectivity index (χ2v) is 4.77. The zero-order chi connectivity index (χ0) is 11.6. The molecule has 1 aromatic heterocycles. The quantitative estimate of drug-likeness (QED) is 0.889. The summed E-state index contributed by atoms with van der Waals surface area (Å²) in [7, 11) is 1.66. The molecule has 0 bridgehead atoms. The fraction of sp³-hybridized carbons (Fsp3) is 0.500. The highest BCUT2D eigenvalue weighted by Crippen LogP contribution is 2.28. The summed E-state index contributed by atoms with van der Waals surface area (Å²) in [6.07, 6.45) is 0. The number of hydrogen-bond acceptors (Lipinski definition) is 3. The SMILES string of the molecule is Cc1csc(C(=O)N(C)C(C)CO)c1Cl. The van der Waals surface area contributed by atoms with E-state index in [1.165, 1.54) is 16.2 Å². The van der Waals surface area contributed by atoms with Crippen LogP contribution in [0.5, 0.6) is 0 Å². The van der Waals surface area contributed by atoms with Gasteiger partial charge in [0.15, 0.2) is 0 Å². The first-order chi connectivity index (χ1) is 6.99. The Morgan fingerprint density at radius 2 is 2.33 bits per heavy atom. The third-order valence-corrected chi connectivity index (χ3v) is 4.02. The number of aryl methyl sites for hydroxylation is 1. The first-order valence-electron chi connectivity index (χ1n) is 4.60. The van der Waals surface area contributed by atoms with Crippen LogP contribution in [0.1, 0.15) is 22.2 Å². The van der Waals surface area contributed by atoms with Crippen molar-refractivity contribution in [3.63, 3.8) is 0 Å². The Morgan fingerprint density at radius 3 is 2.73 bits per heavy atom. The smallest absolute Gasteiger partial charge is 0.265 e. The molecule has 0 saturated heterocycles. The average Bonchev–Trinajstić information content (AvgIpc) is 2.56. The minimum absolute atomic E-state index is 0.0514. The largest absolute Gasteiger partial charge is 0.394 e. The van der Waals surface area contributed by atoms with Crippen LogP contribution in [0.25, 0.3) is 0 Å². The van der Waals surface area contributed by atoms with Crippen molar-refractivity contribution in [3.8, 4) is 0 Å². The highest BCUT2D eigenvalue weighted by molar-refractivity contribution is 7.13. The van der Waals surface area contributed by atoms with Crippen LogP contribution in [0.3, 0.4) is 0 Å². The van der Waals surface area contributed by atoms with E-state index < -0.39 is 0 Å². The minimum atomic E-state index is -0.198. The van der Waals surface area contributed by atoms with E-state index in [2.05, 4.69) is 0 Å². The van der Waals surface area contributed by atoms with Gasteiger partial charge in [0, 0.05) is 7.05 Å².